The Morgan fingerprint density at radius 2 is 2.11 bits per heavy atom. The first-order chi connectivity index (χ1) is 9.16. The number of rotatable bonds is 2. The first-order valence-corrected chi connectivity index (χ1v) is 6.62. The van der Waals surface area contributed by atoms with E-state index < -0.39 is 0 Å². The maximum absolute atomic E-state index is 12.3. The first kappa shape index (κ1) is 12.0. The largest absolute Gasteiger partial charge is 0.397 e. The Hall–Kier alpha value is -2.04. The number of nitrogens with two attached hydrogens (primary N) is 1. The van der Waals surface area contributed by atoms with Crippen molar-refractivity contribution in [3.8, 4) is 0 Å². The lowest BCUT2D eigenvalue weighted by Gasteiger charge is -2.22. The van der Waals surface area contributed by atoms with Crippen LogP contribution in [-0.4, -0.2) is 36.3 Å². The summed E-state index contributed by atoms with van der Waals surface area (Å²) < 4.78 is 0. The fraction of sp³-hybridized carbons (Fsp3) is 0.429. The zero-order valence-corrected chi connectivity index (χ0v) is 10.8. The van der Waals surface area contributed by atoms with Crippen LogP contribution in [0.25, 0.3) is 0 Å². The monoisotopic (exact) mass is 259 g/mol. The second kappa shape index (κ2) is 4.57. The van der Waals surface area contributed by atoms with Crippen LogP contribution in [-0.2, 0) is 16.0 Å². The SMILES string of the molecule is Nc1cccc2c1N(C(=O)CN1CCCC1=O)CC2. The van der Waals surface area contributed by atoms with Crippen LogP contribution in [0.4, 0.5) is 11.4 Å². The van der Waals surface area contributed by atoms with E-state index in [0.717, 1.165) is 24.1 Å². The van der Waals surface area contributed by atoms with Gasteiger partial charge in [-0.3, -0.25) is 9.59 Å². The molecular weight excluding hydrogens is 242 g/mol. The fourth-order valence-electron chi connectivity index (χ4n) is 2.86. The van der Waals surface area contributed by atoms with E-state index in [9.17, 15) is 9.59 Å². The smallest absolute Gasteiger partial charge is 0.246 e. The molecule has 5 heteroatoms. The topological polar surface area (TPSA) is 66.6 Å². The summed E-state index contributed by atoms with van der Waals surface area (Å²) in [6.07, 6.45) is 2.25. The van der Waals surface area contributed by atoms with Gasteiger partial charge >= 0.3 is 0 Å². The maximum Gasteiger partial charge on any atom is 0.246 e. The molecular formula is C14H17N3O2. The van der Waals surface area contributed by atoms with Crippen LogP contribution < -0.4 is 10.6 Å². The maximum atomic E-state index is 12.3. The van der Waals surface area contributed by atoms with Gasteiger partial charge in [0.1, 0.15) is 6.54 Å². The lowest BCUT2D eigenvalue weighted by Crippen LogP contribution is -2.40. The zero-order valence-electron chi connectivity index (χ0n) is 10.8. The van der Waals surface area contributed by atoms with E-state index in [-0.39, 0.29) is 18.4 Å². The fourth-order valence-corrected chi connectivity index (χ4v) is 2.86. The molecule has 2 amide bonds. The molecule has 100 valence electrons. The lowest BCUT2D eigenvalue weighted by molar-refractivity contribution is -0.132. The number of likely N-dealkylation sites (tertiary alicyclic amines) is 1. The zero-order chi connectivity index (χ0) is 13.4. The van der Waals surface area contributed by atoms with Crippen LogP contribution >= 0.6 is 0 Å². The van der Waals surface area contributed by atoms with Crippen LogP contribution in [0.2, 0.25) is 0 Å². The molecule has 19 heavy (non-hydrogen) atoms. The summed E-state index contributed by atoms with van der Waals surface area (Å²) in [6.45, 7) is 1.52. The van der Waals surface area contributed by atoms with E-state index in [1.807, 2.05) is 18.2 Å². The van der Waals surface area contributed by atoms with Gasteiger partial charge in [-0.1, -0.05) is 12.1 Å². The molecule has 0 bridgehead atoms. The highest BCUT2D eigenvalue weighted by Gasteiger charge is 2.30. The highest BCUT2D eigenvalue weighted by atomic mass is 16.2. The Morgan fingerprint density at radius 3 is 2.84 bits per heavy atom. The average molecular weight is 259 g/mol. The number of anilines is 2. The summed E-state index contributed by atoms with van der Waals surface area (Å²) in [5.41, 5.74) is 8.54. The third-order valence-electron chi connectivity index (χ3n) is 3.82. The van der Waals surface area contributed by atoms with Crippen molar-refractivity contribution in [2.24, 2.45) is 0 Å². The Kier molecular flexibility index (Phi) is 2.89. The van der Waals surface area contributed by atoms with Crippen molar-refractivity contribution in [1.29, 1.82) is 0 Å². The molecule has 1 aromatic carbocycles. The van der Waals surface area contributed by atoms with Crippen molar-refractivity contribution in [1.82, 2.24) is 4.90 Å². The van der Waals surface area contributed by atoms with Crippen LogP contribution in [0.3, 0.4) is 0 Å². The number of fused-ring (bicyclic) bond motifs is 1. The molecule has 0 unspecified atom stereocenters. The van der Waals surface area contributed by atoms with E-state index in [2.05, 4.69) is 0 Å². The van der Waals surface area contributed by atoms with E-state index in [0.29, 0.717) is 25.2 Å². The van der Waals surface area contributed by atoms with Crippen LogP contribution in [0, 0.1) is 0 Å². The van der Waals surface area contributed by atoms with Gasteiger partial charge in [-0.25, -0.2) is 0 Å². The normalized spacial score (nSPS) is 18.0. The minimum Gasteiger partial charge on any atom is -0.397 e. The third-order valence-corrected chi connectivity index (χ3v) is 3.82. The van der Waals surface area contributed by atoms with Gasteiger partial charge in [-0.05, 0) is 24.5 Å². The van der Waals surface area contributed by atoms with Gasteiger partial charge in [-0.2, -0.15) is 0 Å². The summed E-state index contributed by atoms with van der Waals surface area (Å²) in [5, 5.41) is 0. The van der Waals surface area contributed by atoms with Gasteiger partial charge in [0, 0.05) is 19.5 Å². The number of carbonyl (C=O) groups excluding carboxylic acids is 2. The first-order valence-electron chi connectivity index (χ1n) is 6.62. The Bertz CT molecular complexity index is 541. The van der Waals surface area contributed by atoms with Crippen molar-refractivity contribution in [2.45, 2.75) is 19.3 Å². The standard InChI is InChI=1S/C14H17N3O2/c15-11-4-1-3-10-6-8-17(14(10)11)13(19)9-16-7-2-5-12(16)18/h1,3-4H,2,5-9,15H2. The number of para-hydroxylation sites is 1. The van der Waals surface area contributed by atoms with E-state index in [1.54, 1.807) is 9.80 Å². The molecule has 2 aliphatic rings. The lowest BCUT2D eigenvalue weighted by atomic mass is 10.1. The van der Waals surface area contributed by atoms with Crippen molar-refractivity contribution < 1.29 is 9.59 Å². The minimum absolute atomic E-state index is 0.0353. The molecule has 0 spiro atoms. The highest BCUT2D eigenvalue weighted by molar-refractivity contribution is 6.01. The average Bonchev–Trinajstić information content (AvgIpc) is 2.97. The number of nitrogen functional groups attached to an aromatic ring is 1. The summed E-state index contributed by atoms with van der Waals surface area (Å²) >= 11 is 0. The quantitative estimate of drug-likeness (QED) is 0.798. The number of carbonyl (C=O) groups is 2. The molecule has 1 aromatic rings. The van der Waals surface area contributed by atoms with Crippen LogP contribution in [0.5, 0.6) is 0 Å². The van der Waals surface area contributed by atoms with E-state index >= 15 is 0 Å². The molecule has 0 aromatic heterocycles. The van der Waals surface area contributed by atoms with Crippen LogP contribution in [0.15, 0.2) is 18.2 Å². The molecule has 0 atom stereocenters. The predicted octanol–water partition coefficient (Wildman–Crippen LogP) is 0.780. The van der Waals surface area contributed by atoms with Gasteiger partial charge in [-0.15, -0.1) is 0 Å². The molecule has 0 radical (unpaired) electrons. The molecule has 0 aliphatic carbocycles. The van der Waals surface area contributed by atoms with Gasteiger partial charge in [0.05, 0.1) is 11.4 Å². The molecule has 2 heterocycles. The van der Waals surface area contributed by atoms with Crippen LogP contribution in [0.1, 0.15) is 18.4 Å². The number of hydrogen-bond acceptors (Lipinski definition) is 3. The van der Waals surface area contributed by atoms with Crippen molar-refractivity contribution >= 4 is 23.2 Å². The summed E-state index contributed by atoms with van der Waals surface area (Å²) in [5.74, 6) is 0.0423. The number of nitrogens with zero attached hydrogens (tertiary/aromatic N) is 2. The summed E-state index contributed by atoms with van der Waals surface area (Å²) in [4.78, 5) is 27.3. The van der Waals surface area contributed by atoms with Crippen molar-refractivity contribution in [3.63, 3.8) is 0 Å². The molecule has 1 saturated heterocycles. The number of benzene rings is 1. The number of amides is 2. The van der Waals surface area contributed by atoms with Gasteiger partial charge in [0.2, 0.25) is 11.8 Å². The molecule has 1 fully saturated rings. The second-order valence-electron chi connectivity index (χ2n) is 5.07. The Labute approximate surface area is 112 Å². The minimum atomic E-state index is -0.0353. The second-order valence-corrected chi connectivity index (χ2v) is 5.07. The molecule has 2 N–H and O–H groups in total. The summed E-state index contributed by atoms with van der Waals surface area (Å²) in [7, 11) is 0. The van der Waals surface area contributed by atoms with Crippen molar-refractivity contribution in [2.75, 3.05) is 30.3 Å². The van der Waals surface area contributed by atoms with E-state index in [1.165, 1.54) is 0 Å². The molecule has 0 saturated carbocycles. The Morgan fingerprint density at radius 1 is 1.26 bits per heavy atom. The third kappa shape index (κ3) is 2.05. The predicted molar refractivity (Wildman–Crippen MR) is 72.7 cm³/mol. The highest BCUT2D eigenvalue weighted by Crippen LogP contribution is 2.33. The molecule has 2 aliphatic heterocycles. The van der Waals surface area contributed by atoms with Gasteiger partial charge in [0.15, 0.2) is 0 Å². The Balaban J connectivity index is 1.78. The van der Waals surface area contributed by atoms with E-state index in [4.69, 9.17) is 5.73 Å². The number of hydrogen-bond donors (Lipinski definition) is 1. The van der Waals surface area contributed by atoms with Gasteiger partial charge in [0.25, 0.3) is 0 Å². The molecule has 3 rings (SSSR count). The van der Waals surface area contributed by atoms with Crippen molar-refractivity contribution in [3.05, 3.63) is 23.8 Å². The summed E-state index contributed by atoms with van der Waals surface area (Å²) in [6, 6.07) is 5.72. The van der Waals surface area contributed by atoms with Gasteiger partial charge < -0.3 is 15.5 Å². The molecule has 5 nitrogen and oxygen atoms in total.